The van der Waals surface area contributed by atoms with Crippen LogP contribution in [-0.4, -0.2) is 19.1 Å². The van der Waals surface area contributed by atoms with Crippen molar-refractivity contribution >= 4 is 19.5 Å². The van der Waals surface area contributed by atoms with Crippen molar-refractivity contribution in [2.45, 2.75) is 26.4 Å². The fraction of sp³-hybridized carbons (Fsp3) is 0.417. The molecule has 0 saturated heterocycles. The molecule has 0 heterocycles. The van der Waals surface area contributed by atoms with Crippen LogP contribution in [0.25, 0.3) is 0 Å². The molecule has 3 nitrogen and oxygen atoms in total. The molecule has 0 radical (unpaired) electrons. The van der Waals surface area contributed by atoms with Crippen LogP contribution in [0.2, 0.25) is 0 Å². The summed E-state index contributed by atoms with van der Waals surface area (Å²) in [6.45, 7) is 8.23. The highest BCUT2D eigenvalue weighted by molar-refractivity contribution is 7.67. The maximum absolute atomic E-state index is 12.5. The van der Waals surface area contributed by atoms with Gasteiger partial charge in [0.15, 0.2) is 0 Å². The van der Waals surface area contributed by atoms with E-state index >= 15 is 0 Å². The zero-order valence-corrected chi connectivity index (χ0v) is 10.9. The highest BCUT2D eigenvalue weighted by Crippen LogP contribution is 2.50. The highest BCUT2D eigenvalue weighted by Gasteiger charge is 2.29. The molecule has 0 aromatic heterocycles. The highest BCUT2D eigenvalue weighted by atomic mass is 31.2. The van der Waals surface area contributed by atoms with Crippen LogP contribution < -0.4 is 5.30 Å². The Balaban J connectivity index is 0.00000106. The lowest BCUT2D eigenvalue weighted by molar-refractivity contribution is -0.0979. The van der Waals surface area contributed by atoms with Crippen molar-refractivity contribution in [2.24, 2.45) is 0 Å². The molecule has 0 aliphatic heterocycles. The Bertz CT molecular complexity index is 335. The third kappa shape index (κ3) is 3.58. The average Bonchev–Trinajstić information content (AvgIpc) is 2.33. The Hall–Kier alpha value is -0.920. The SMILES string of the molecule is C=O.CCOP(=O)(c1ccccc1)C(C)C. The summed E-state index contributed by atoms with van der Waals surface area (Å²) < 4.78 is 17.9. The summed E-state index contributed by atoms with van der Waals surface area (Å²) in [6.07, 6.45) is 0. The second-order valence-electron chi connectivity index (χ2n) is 3.44. The Morgan fingerprint density at radius 3 is 2.12 bits per heavy atom. The topological polar surface area (TPSA) is 43.4 Å². The quantitative estimate of drug-likeness (QED) is 0.762. The summed E-state index contributed by atoms with van der Waals surface area (Å²) in [5.74, 6) is 0. The molecule has 0 N–H and O–H groups in total. The first-order valence-corrected chi connectivity index (χ1v) is 6.89. The zero-order valence-electron chi connectivity index (χ0n) is 10.1. The predicted octanol–water partition coefficient (Wildman–Crippen LogP) is 2.85. The molecule has 90 valence electrons. The Morgan fingerprint density at radius 1 is 1.25 bits per heavy atom. The van der Waals surface area contributed by atoms with Crippen molar-refractivity contribution in [2.75, 3.05) is 6.61 Å². The smallest absolute Gasteiger partial charge is 0.234 e. The van der Waals surface area contributed by atoms with Gasteiger partial charge in [0, 0.05) is 11.0 Å². The molecule has 0 fully saturated rings. The first kappa shape index (κ1) is 15.1. The molecule has 0 aliphatic carbocycles. The molecule has 0 amide bonds. The number of hydrogen-bond donors (Lipinski definition) is 0. The van der Waals surface area contributed by atoms with Crippen molar-refractivity contribution in [3.05, 3.63) is 30.3 Å². The van der Waals surface area contributed by atoms with E-state index < -0.39 is 7.37 Å². The molecule has 0 bridgehead atoms. The van der Waals surface area contributed by atoms with Crippen molar-refractivity contribution < 1.29 is 13.9 Å². The monoisotopic (exact) mass is 242 g/mol. The Morgan fingerprint density at radius 2 is 1.75 bits per heavy atom. The third-order valence-corrected chi connectivity index (χ3v) is 5.14. The van der Waals surface area contributed by atoms with Gasteiger partial charge in [-0.25, -0.2) is 0 Å². The summed E-state index contributed by atoms with van der Waals surface area (Å²) in [4.78, 5) is 8.00. The van der Waals surface area contributed by atoms with Gasteiger partial charge in [0.1, 0.15) is 6.79 Å². The van der Waals surface area contributed by atoms with E-state index in [1.54, 1.807) is 0 Å². The van der Waals surface area contributed by atoms with Crippen LogP contribution >= 0.6 is 7.37 Å². The number of carbonyl (C=O) groups is 1. The number of benzene rings is 1. The van der Waals surface area contributed by atoms with Crippen LogP contribution in [0.4, 0.5) is 0 Å². The minimum atomic E-state index is -2.64. The fourth-order valence-electron chi connectivity index (χ4n) is 1.35. The molecule has 1 unspecified atom stereocenters. The molecule has 1 atom stereocenters. The number of carbonyl (C=O) groups excluding carboxylic acids is 1. The second kappa shape index (κ2) is 7.37. The molecular formula is C12H19O3P. The van der Waals surface area contributed by atoms with Gasteiger partial charge in [0.2, 0.25) is 7.37 Å². The first-order valence-electron chi connectivity index (χ1n) is 5.20. The van der Waals surface area contributed by atoms with Crippen LogP contribution in [-0.2, 0) is 13.9 Å². The maximum Gasteiger partial charge on any atom is 0.234 e. The first-order chi connectivity index (χ1) is 7.61. The maximum atomic E-state index is 12.5. The van der Waals surface area contributed by atoms with E-state index in [2.05, 4.69) is 0 Å². The van der Waals surface area contributed by atoms with Gasteiger partial charge in [-0.3, -0.25) is 4.57 Å². The minimum Gasteiger partial charge on any atom is -0.325 e. The molecular weight excluding hydrogens is 223 g/mol. The van der Waals surface area contributed by atoms with Gasteiger partial charge in [0.25, 0.3) is 0 Å². The van der Waals surface area contributed by atoms with Gasteiger partial charge in [0.05, 0.1) is 6.61 Å². The van der Waals surface area contributed by atoms with Crippen LogP contribution in [0, 0.1) is 0 Å². The van der Waals surface area contributed by atoms with Crippen LogP contribution in [0.1, 0.15) is 20.8 Å². The van der Waals surface area contributed by atoms with Gasteiger partial charge < -0.3 is 9.32 Å². The van der Waals surface area contributed by atoms with Crippen molar-refractivity contribution in [3.63, 3.8) is 0 Å². The molecule has 0 spiro atoms. The Kier molecular flexibility index (Phi) is 6.95. The lowest BCUT2D eigenvalue weighted by atomic mass is 10.4. The molecule has 0 saturated carbocycles. The summed E-state index contributed by atoms with van der Waals surface area (Å²) in [5.41, 5.74) is 0.0323. The van der Waals surface area contributed by atoms with Crippen LogP contribution in [0.15, 0.2) is 30.3 Å². The van der Waals surface area contributed by atoms with E-state index in [9.17, 15) is 4.57 Å². The summed E-state index contributed by atoms with van der Waals surface area (Å²) in [7, 11) is -2.64. The number of hydrogen-bond acceptors (Lipinski definition) is 3. The van der Waals surface area contributed by atoms with E-state index in [1.165, 1.54) is 0 Å². The zero-order chi connectivity index (χ0) is 12.6. The average molecular weight is 242 g/mol. The Labute approximate surface area is 97.3 Å². The molecule has 0 aliphatic rings. The van der Waals surface area contributed by atoms with Gasteiger partial charge in [-0.1, -0.05) is 32.0 Å². The van der Waals surface area contributed by atoms with Gasteiger partial charge >= 0.3 is 0 Å². The molecule has 16 heavy (non-hydrogen) atoms. The largest absolute Gasteiger partial charge is 0.325 e. The molecule has 4 heteroatoms. The van der Waals surface area contributed by atoms with Gasteiger partial charge in [-0.2, -0.15) is 0 Å². The lowest BCUT2D eigenvalue weighted by Crippen LogP contribution is -2.14. The van der Waals surface area contributed by atoms with Gasteiger partial charge in [-0.05, 0) is 19.1 Å². The standard InChI is InChI=1S/C11H17O2P.CH2O/c1-4-13-14(12,10(2)3)11-8-6-5-7-9-11;1-2/h5-10H,4H2,1-3H3;1H2. The van der Waals surface area contributed by atoms with Crippen molar-refractivity contribution in [1.82, 2.24) is 0 Å². The minimum absolute atomic E-state index is 0.0323. The van der Waals surface area contributed by atoms with Crippen LogP contribution in [0.3, 0.4) is 0 Å². The van der Waals surface area contributed by atoms with E-state index in [1.807, 2.05) is 57.9 Å². The predicted molar refractivity (Wildman–Crippen MR) is 67.6 cm³/mol. The molecule has 1 rings (SSSR count). The second-order valence-corrected chi connectivity index (χ2v) is 6.45. The van der Waals surface area contributed by atoms with E-state index in [4.69, 9.17) is 9.32 Å². The van der Waals surface area contributed by atoms with E-state index in [-0.39, 0.29) is 5.66 Å². The third-order valence-electron chi connectivity index (χ3n) is 2.12. The molecule has 1 aromatic carbocycles. The van der Waals surface area contributed by atoms with E-state index in [0.717, 1.165) is 5.30 Å². The lowest BCUT2D eigenvalue weighted by Gasteiger charge is -2.21. The van der Waals surface area contributed by atoms with Gasteiger partial charge in [-0.15, -0.1) is 0 Å². The summed E-state index contributed by atoms with van der Waals surface area (Å²) >= 11 is 0. The number of rotatable bonds is 4. The molecule has 1 aromatic rings. The van der Waals surface area contributed by atoms with Crippen molar-refractivity contribution in [1.29, 1.82) is 0 Å². The summed E-state index contributed by atoms with van der Waals surface area (Å²) in [6, 6.07) is 9.44. The normalized spacial score (nSPS) is 13.8. The van der Waals surface area contributed by atoms with Crippen molar-refractivity contribution in [3.8, 4) is 0 Å². The fourth-order valence-corrected chi connectivity index (χ4v) is 3.36. The van der Waals surface area contributed by atoms with Crippen LogP contribution in [0.5, 0.6) is 0 Å². The summed E-state index contributed by atoms with van der Waals surface area (Å²) in [5, 5.41) is 0.817. The van der Waals surface area contributed by atoms with E-state index in [0.29, 0.717) is 6.61 Å².